The molecule has 0 bridgehead atoms. The van der Waals surface area contributed by atoms with Crippen LogP contribution in [-0.2, 0) is 4.74 Å². The first-order chi connectivity index (χ1) is 15.6. The minimum absolute atomic E-state index is 0.558. The van der Waals surface area contributed by atoms with E-state index in [2.05, 4.69) is 53.6 Å². The van der Waals surface area contributed by atoms with Gasteiger partial charge in [0, 0.05) is 31.2 Å². The minimum atomic E-state index is 0.558. The van der Waals surface area contributed by atoms with E-state index in [1.54, 1.807) is 14.2 Å². The monoisotopic (exact) mass is 435 g/mol. The molecule has 170 valence electrons. The predicted octanol–water partition coefficient (Wildman–Crippen LogP) is 4.89. The van der Waals surface area contributed by atoms with Gasteiger partial charge in [0.15, 0.2) is 0 Å². The van der Waals surface area contributed by atoms with Gasteiger partial charge in [-0.1, -0.05) is 6.07 Å². The highest BCUT2D eigenvalue weighted by atomic mass is 16.5. The van der Waals surface area contributed by atoms with Gasteiger partial charge >= 0.3 is 0 Å². The second kappa shape index (κ2) is 8.66. The van der Waals surface area contributed by atoms with Crippen LogP contribution in [0.15, 0.2) is 30.3 Å². The van der Waals surface area contributed by atoms with Crippen LogP contribution in [0.3, 0.4) is 0 Å². The lowest BCUT2D eigenvalue weighted by Gasteiger charge is -2.27. The zero-order chi connectivity index (χ0) is 22.2. The molecule has 32 heavy (non-hydrogen) atoms. The standard InChI is InChI=1S/C26H33N3O3/c1-17-12-21(30-3)13-18(2)24(17)22-6-5-7-23-25(26(31-4)27-29(22)23)28(14-19-8-9-19)15-20-10-11-32-16-20/h5-7,12-13,19-20H,8-11,14-16H2,1-4H3. The highest BCUT2D eigenvalue weighted by molar-refractivity contribution is 5.82. The Balaban J connectivity index is 1.63. The molecule has 0 N–H and O–H groups in total. The fourth-order valence-electron chi connectivity index (χ4n) is 5.01. The Bertz CT molecular complexity index is 1090. The summed E-state index contributed by atoms with van der Waals surface area (Å²) in [6.07, 6.45) is 3.75. The SMILES string of the molecule is COc1cc(C)c(-c2cccc3c(N(CC4CC4)CC4CCOC4)c(OC)nn23)c(C)c1. The lowest BCUT2D eigenvalue weighted by molar-refractivity contribution is 0.186. The van der Waals surface area contributed by atoms with Crippen LogP contribution >= 0.6 is 0 Å². The van der Waals surface area contributed by atoms with Gasteiger partial charge in [-0.2, -0.15) is 0 Å². The lowest BCUT2D eigenvalue weighted by atomic mass is 9.99. The quantitative estimate of drug-likeness (QED) is 0.504. The Hall–Kier alpha value is -2.73. The van der Waals surface area contributed by atoms with Gasteiger partial charge in [-0.15, -0.1) is 5.10 Å². The Morgan fingerprint density at radius 2 is 1.78 bits per heavy atom. The molecule has 1 saturated carbocycles. The summed E-state index contributed by atoms with van der Waals surface area (Å²) < 4.78 is 19.0. The van der Waals surface area contributed by atoms with Gasteiger partial charge in [-0.25, -0.2) is 4.52 Å². The minimum Gasteiger partial charge on any atom is -0.497 e. The Kier molecular flexibility index (Phi) is 5.72. The summed E-state index contributed by atoms with van der Waals surface area (Å²) in [4.78, 5) is 2.51. The fraction of sp³-hybridized carbons (Fsp3) is 0.500. The van der Waals surface area contributed by atoms with Crippen LogP contribution in [0.25, 0.3) is 16.8 Å². The molecule has 2 aliphatic rings. The molecule has 1 unspecified atom stereocenters. The highest BCUT2D eigenvalue weighted by Gasteiger charge is 2.31. The molecular weight excluding hydrogens is 402 g/mol. The molecular formula is C26H33N3O3. The van der Waals surface area contributed by atoms with Crippen LogP contribution in [0.1, 0.15) is 30.4 Å². The number of aromatic nitrogens is 2. The third-order valence-corrected chi connectivity index (χ3v) is 6.79. The van der Waals surface area contributed by atoms with Crippen molar-refractivity contribution in [2.24, 2.45) is 11.8 Å². The van der Waals surface area contributed by atoms with Crippen molar-refractivity contribution in [1.82, 2.24) is 9.61 Å². The van der Waals surface area contributed by atoms with Gasteiger partial charge in [-0.3, -0.25) is 0 Å². The lowest BCUT2D eigenvalue weighted by Crippen LogP contribution is -2.32. The average Bonchev–Trinajstić information content (AvgIpc) is 3.30. The van der Waals surface area contributed by atoms with Crippen molar-refractivity contribution in [1.29, 1.82) is 0 Å². The topological polar surface area (TPSA) is 48.2 Å². The first kappa shape index (κ1) is 21.1. The van der Waals surface area contributed by atoms with E-state index in [1.165, 1.54) is 29.5 Å². The third-order valence-electron chi connectivity index (χ3n) is 6.79. The molecule has 1 saturated heterocycles. The zero-order valence-corrected chi connectivity index (χ0v) is 19.6. The zero-order valence-electron chi connectivity index (χ0n) is 19.6. The van der Waals surface area contributed by atoms with E-state index < -0.39 is 0 Å². The average molecular weight is 436 g/mol. The number of nitrogens with zero attached hydrogens (tertiary/aromatic N) is 3. The molecule has 0 amide bonds. The van der Waals surface area contributed by atoms with E-state index in [1.807, 2.05) is 0 Å². The number of ether oxygens (including phenoxy) is 3. The van der Waals surface area contributed by atoms with Crippen LogP contribution in [0.5, 0.6) is 11.6 Å². The van der Waals surface area contributed by atoms with Crippen LogP contribution in [0, 0.1) is 25.7 Å². The second-order valence-corrected chi connectivity index (χ2v) is 9.28. The summed E-state index contributed by atoms with van der Waals surface area (Å²) in [5.74, 6) is 2.90. The maximum atomic E-state index is 5.84. The summed E-state index contributed by atoms with van der Waals surface area (Å²) in [5.41, 5.74) is 6.79. The number of fused-ring (bicyclic) bond motifs is 1. The van der Waals surface area contributed by atoms with Crippen molar-refractivity contribution >= 4 is 11.2 Å². The van der Waals surface area contributed by atoms with Crippen LogP contribution in [-0.4, -0.2) is 50.1 Å². The van der Waals surface area contributed by atoms with E-state index in [9.17, 15) is 0 Å². The maximum absolute atomic E-state index is 5.84. The molecule has 6 heteroatoms. The Labute approximate surface area is 190 Å². The van der Waals surface area contributed by atoms with Crippen LogP contribution in [0.4, 0.5) is 5.69 Å². The molecule has 2 fully saturated rings. The van der Waals surface area contributed by atoms with E-state index in [-0.39, 0.29) is 0 Å². The molecule has 6 nitrogen and oxygen atoms in total. The number of methoxy groups -OCH3 is 2. The molecule has 0 spiro atoms. The van der Waals surface area contributed by atoms with Crippen molar-refractivity contribution in [3.8, 4) is 22.9 Å². The first-order valence-electron chi connectivity index (χ1n) is 11.6. The summed E-state index contributed by atoms with van der Waals surface area (Å²) in [6, 6.07) is 10.6. The normalized spacial score (nSPS) is 18.3. The van der Waals surface area contributed by atoms with E-state index in [0.29, 0.717) is 11.8 Å². The van der Waals surface area contributed by atoms with E-state index >= 15 is 0 Å². The molecule has 1 aliphatic carbocycles. The molecule has 3 aromatic rings. The van der Waals surface area contributed by atoms with Gasteiger partial charge < -0.3 is 19.1 Å². The third kappa shape index (κ3) is 3.92. The summed E-state index contributed by atoms with van der Waals surface area (Å²) in [5, 5.41) is 4.95. The molecule has 1 atom stereocenters. The maximum Gasteiger partial charge on any atom is 0.257 e. The van der Waals surface area contributed by atoms with Gasteiger partial charge in [0.2, 0.25) is 0 Å². The number of hydrogen-bond acceptors (Lipinski definition) is 5. The van der Waals surface area contributed by atoms with Gasteiger partial charge in [0.05, 0.1) is 32.0 Å². The Morgan fingerprint density at radius 3 is 2.41 bits per heavy atom. The van der Waals surface area contributed by atoms with E-state index in [4.69, 9.17) is 19.3 Å². The molecule has 5 rings (SSSR count). The number of pyridine rings is 1. The van der Waals surface area contributed by atoms with Gasteiger partial charge in [0.1, 0.15) is 11.4 Å². The largest absolute Gasteiger partial charge is 0.497 e. The van der Waals surface area contributed by atoms with Crippen molar-refractivity contribution in [3.05, 3.63) is 41.5 Å². The first-order valence-corrected chi connectivity index (χ1v) is 11.6. The number of hydrogen-bond donors (Lipinski definition) is 0. The number of aryl methyl sites for hydroxylation is 2. The van der Waals surface area contributed by atoms with Crippen molar-refractivity contribution < 1.29 is 14.2 Å². The molecule has 3 heterocycles. The number of anilines is 1. The van der Waals surface area contributed by atoms with Gasteiger partial charge in [0.25, 0.3) is 5.88 Å². The summed E-state index contributed by atoms with van der Waals surface area (Å²) in [6.45, 7) is 8.01. The molecule has 1 aromatic carbocycles. The second-order valence-electron chi connectivity index (χ2n) is 9.28. The summed E-state index contributed by atoms with van der Waals surface area (Å²) in [7, 11) is 3.44. The van der Waals surface area contributed by atoms with Crippen molar-refractivity contribution in [3.63, 3.8) is 0 Å². The molecule has 1 aliphatic heterocycles. The molecule has 2 aromatic heterocycles. The molecule has 0 radical (unpaired) electrons. The summed E-state index contributed by atoms with van der Waals surface area (Å²) >= 11 is 0. The highest BCUT2D eigenvalue weighted by Crippen LogP contribution is 2.40. The van der Waals surface area contributed by atoms with Crippen molar-refractivity contribution in [2.75, 3.05) is 45.4 Å². The number of rotatable bonds is 8. The predicted molar refractivity (Wildman–Crippen MR) is 127 cm³/mol. The fourth-order valence-corrected chi connectivity index (χ4v) is 5.01. The van der Waals surface area contributed by atoms with Crippen LogP contribution < -0.4 is 14.4 Å². The number of benzene rings is 1. The van der Waals surface area contributed by atoms with E-state index in [0.717, 1.165) is 61.3 Å². The Morgan fingerprint density at radius 1 is 1.03 bits per heavy atom. The van der Waals surface area contributed by atoms with Crippen LogP contribution in [0.2, 0.25) is 0 Å². The van der Waals surface area contributed by atoms with Crippen molar-refractivity contribution in [2.45, 2.75) is 33.1 Å². The smallest absolute Gasteiger partial charge is 0.257 e. The van der Waals surface area contributed by atoms with Gasteiger partial charge in [-0.05, 0) is 74.4 Å².